The minimum atomic E-state index is -1.13. The summed E-state index contributed by atoms with van der Waals surface area (Å²) in [7, 11) is 0. The van der Waals surface area contributed by atoms with Gasteiger partial charge in [0.15, 0.2) is 11.6 Å². The normalized spacial score (nSPS) is 10.5. The van der Waals surface area contributed by atoms with E-state index >= 15 is 0 Å². The van der Waals surface area contributed by atoms with Crippen molar-refractivity contribution < 1.29 is 18.3 Å². The van der Waals surface area contributed by atoms with Gasteiger partial charge in [-0.1, -0.05) is 0 Å². The first-order valence-corrected chi connectivity index (χ1v) is 5.50. The van der Waals surface area contributed by atoms with Crippen LogP contribution in [0.2, 0.25) is 0 Å². The monoisotopic (exact) mass is 267 g/mol. The van der Waals surface area contributed by atoms with Gasteiger partial charge in [0.25, 0.3) is 0 Å². The number of rotatable bonds is 3. The van der Waals surface area contributed by atoms with Crippen LogP contribution in [-0.4, -0.2) is 22.4 Å². The van der Waals surface area contributed by atoms with Crippen molar-refractivity contribution in [1.29, 1.82) is 0 Å². The summed E-state index contributed by atoms with van der Waals surface area (Å²) in [6, 6.07) is 2.14. The average molecular weight is 267 g/mol. The minimum absolute atomic E-state index is 0.0115. The molecule has 0 saturated carbocycles. The lowest BCUT2D eigenvalue weighted by molar-refractivity contribution is 0.0526. The molecule has 1 aromatic heterocycles. The predicted molar refractivity (Wildman–Crippen MR) is 63.8 cm³/mol. The molecule has 0 saturated heterocycles. The molecule has 0 spiro atoms. The zero-order chi connectivity index (χ0) is 14.0. The first-order valence-electron chi connectivity index (χ1n) is 5.50. The van der Waals surface area contributed by atoms with Gasteiger partial charge in [0.05, 0.1) is 24.1 Å². The van der Waals surface area contributed by atoms with Crippen LogP contribution in [0.25, 0.3) is 5.69 Å². The van der Waals surface area contributed by atoms with E-state index in [0.717, 1.165) is 10.7 Å². The van der Waals surface area contributed by atoms with Crippen LogP contribution in [0.5, 0.6) is 0 Å². The number of ether oxygens (including phenoxy) is 1. The van der Waals surface area contributed by atoms with Crippen LogP contribution in [-0.2, 0) is 4.74 Å². The lowest BCUT2D eigenvalue weighted by atomic mass is 10.2. The van der Waals surface area contributed by atoms with E-state index in [0.29, 0.717) is 0 Å². The van der Waals surface area contributed by atoms with Gasteiger partial charge in [0.1, 0.15) is 5.69 Å². The van der Waals surface area contributed by atoms with Crippen LogP contribution in [0.3, 0.4) is 0 Å². The summed E-state index contributed by atoms with van der Waals surface area (Å²) in [6.07, 6.45) is 2.42. The first-order chi connectivity index (χ1) is 9.04. The molecule has 0 aliphatic rings. The Morgan fingerprint density at radius 1 is 1.47 bits per heavy atom. The Bertz CT molecular complexity index is 625. The van der Waals surface area contributed by atoms with Crippen molar-refractivity contribution in [3.05, 3.63) is 41.7 Å². The Hall–Kier alpha value is -2.44. The van der Waals surface area contributed by atoms with Crippen LogP contribution in [0.4, 0.5) is 14.5 Å². The molecular weight excluding hydrogens is 256 g/mol. The number of esters is 1. The summed E-state index contributed by atoms with van der Waals surface area (Å²) in [5.74, 6) is -2.76. The van der Waals surface area contributed by atoms with Crippen molar-refractivity contribution >= 4 is 11.7 Å². The number of anilines is 1. The molecule has 0 aliphatic carbocycles. The van der Waals surface area contributed by atoms with Gasteiger partial charge >= 0.3 is 5.97 Å². The maximum absolute atomic E-state index is 13.7. The van der Waals surface area contributed by atoms with E-state index in [1.807, 2.05) is 0 Å². The Morgan fingerprint density at radius 3 is 2.89 bits per heavy atom. The van der Waals surface area contributed by atoms with Crippen molar-refractivity contribution in [2.45, 2.75) is 6.92 Å². The topological polar surface area (TPSA) is 70.1 Å². The summed E-state index contributed by atoms with van der Waals surface area (Å²) >= 11 is 0. The molecular formula is C12H11F2N3O2. The highest BCUT2D eigenvalue weighted by Crippen LogP contribution is 2.23. The van der Waals surface area contributed by atoms with Crippen molar-refractivity contribution in [3.8, 4) is 5.69 Å². The molecule has 7 heteroatoms. The SMILES string of the molecule is CCOC(=O)c1cnn(-c2c(N)ccc(F)c2F)c1. The summed E-state index contributed by atoms with van der Waals surface area (Å²) in [5.41, 5.74) is 5.48. The maximum atomic E-state index is 13.7. The lowest BCUT2D eigenvalue weighted by Crippen LogP contribution is -2.06. The van der Waals surface area contributed by atoms with Crippen LogP contribution in [0, 0.1) is 11.6 Å². The Morgan fingerprint density at radius 2 is 2.21 bits per heavy atom. The molecule has 2 N–H and O–H groups in total. The molecule has 100 valence electrons. The Balaban J connectivity index is 2.44. The zero-order valence-electron chi connectivity index (χ0n) is 10.1. The first kappa shape index (κ1) is 13.0. The highest BCUT2D eigenvalue weighted by atomic mass is 19.2. The number of hydrogen-bond acceptors (Lipinski definition) is 4. The number of nitrogen functional groups attached to an aromatic ring is 1. The highest BCUT2D eigenvalue weighted by Gasteiger charge is 2.17. The van der Waals surface area contributed by atoms with E-state index in [1.165, 1.54) is 18.5 Å². The van der Waals surface area contributed by atoms with Gasteiger partial charge in [-0.2, -0.15) is 5.10 Å². The maximum Gasteiger partial charge on any atom is 0.341 e. The van der Waals surface area contributed by atoms with Crippen LogP contribution in [0.1, 0.15) is 17.3 Å². The lowest BCUT2D eigenvalue weighted by Gasteiger charge is -2.07. The van der Waals surface area contributed by atoms with Crippen molar-refractivity contribution in [2.24, 2.45) is 0 Å². The molecule has 1 heterocycles. The number of hydrogen-bond donors (Lipinski definition) is 1. The van der Waals surface area contributed by atoms with Crippen molar-refractivity contribution in [3.63, 3.8) is 0 Å². The highest BCUT2D eigenvalue weighted by molar-refractivity contribution is 5.88. The number of carbonyl (C=O) groups is 1. The molecule has 19 heavy (non-hydrogen) atoms. The third kappa shape index (κ3) is 2.40. The number of benzene rings is 1. The van der Waals surface area contributed by atoms with E-state index in [4.69, 9.17) is 10.5 Å². The molecule has 1 aromatic carbocycles. The summed E-state index contributed by atoms with van der Waals surface area (Å²) in [6.45, 7) is 1.87. The number of aromatic nitrogens is 2. The molecule has 0 atom stereocenters. The Labute approximate surface area is 107 Å². The summed E-state index contributed by atoms with van der Waals surface area (Å²) in [4.78, 5) is 11.5. The van der Waals surface area contributed by atoms with E-state index < -0.39 is 17.6 Å². The van der Waals surface area contributed by atoms with Gasteiger partial charge < -0.3 is 10.5 Å². The van der Waals surface area contributed by atoms with Gasteiger partial charge in [0, 0.05) is 6.20 Å². The largest absolute Gasteiger partial charge is 0.462 e. The quantitative estimate of drug-likeness (QED) is 0.681. The third-order valence-electron chi connectivity index (χ3n) is 2.42. The second-order valence-electron chi connectivity index (χ2n) is 3.69. The molecule has 0 fully saturated rings. The standard InChI is InChI=1S/C12H11F2N3O2/c1-2-19-12(18)7-5-16-17(6-7)11-9(15)4-3-8(13)10(11)14/h3-6H,2,15H2,1H3. The molecule has 0 amide bonds. The molecule has 5 nitrogen and oxygen atoms in total. The molecule has 2 aromatic rings. The molecule has 0 radical (unpaired) electrons. The van der Waals surface area contributed by atoms with Crippen molar-refractivity contribution in [2.75, 3.05) is 12.3 Å². The van der Waals surface area contributed by atoms with Gasteiger partial charge in [-0.25, -0.2) is 18.3 Å². The molecule has 0 aliphatic heterocycles. The van der Waals surface area contributed by atoms with Crippen LogP contribution >= 0.6 is 0 Å². The van der Waals surface area contributed by atoms with Crippen molar-refractivity contribution in [1.82, 2.24) is 9.78 Å². The zero-order valence-corrected chi connectivity index (χ0v) is 10.1. The smallest absolute Gasteiger partial charge is 0.341 e. The third-order valence-corrected chi connectivity index (χ3v) is 2.42. The number of halogens is 2. The number of nitrogens with two attached hydrogens (primary N) is 1. The second-order valence-corrected chi connectivity index (χ2v) is 3.69. The van der Waals surface area contributed by atoms with Gasteiger partial charge in [-0.3, -0.25) is 0 Å². The fourth-order valence-electron chi connectivity index (χ4n) is 1.55. The second kappa shape index (κ2) is 5.05. The minimum Gasteiger partial charge on any atom is -0.462 e. The van der Waals surface area contributed by atoms with Gasteiger partial charge in [-0.15, -0.1) is 0 Å². The van der Waals surface area contributed by atoms with Gasteiger partial charge in [-0.05, 0) is 19.1 Å². The number of nitrogens with zero attached hydrogens (tertiary/aromatic N) is 2. The van der Waals surface area contributed by atoms with E-state index in [2.05, 4.69) is 5.10 Å². The van der Waals surface area contributed by atoms with Gasteiger partial charge in [0.2, 0.25) is 0 Å². The fraction of sp³-hybridized carbons (Fsp3) is 0.167. The molecule has 0 unspecified atom stereocenters. The summed E-state index contributed by atoms with van der Waals surface area (Å²) < 4.78 is 32.6. The van der Waals surface area contributed by atoms with Crippen LogP contribution in [0.15, 0.2) is 24.5 Å². The van der Waals surface area contributed by atoms with E-state index in [-0.39, 0.29) is 23.5 Å². The Kier molecular flexibility index (Phi) is 3.46. The summed E-state index contributed by atoms with van der Waals surface area (Å²) in [5, 5.41) is 3.78. The van der Waals surface area contributed by atoms with E-state index in [1.54, 1.807) is 6.92 Å². The fourth-order valence-corrected chi connectivity index (χ4v) is 1.55. The van der Waals surface area contributed by atoms with E-state index in [9.17, 15) is 13.6 Å². The molecule has 0 bridgehead atoms. The predicted octanol–water partition coefficient (Wildman–Crippen LogP) is 1.91. The average Bonchev–Trinajstić information content (AvgIpc) is 2.84. The number of carbonyl (C=O) groups excluding carboxylic acids is 1. The molecule has 2 rings (SSSR count). The van der Waals surface area contributed by atoms with Crippen LogP contribution < -0.4 is 5.73 Å².